The predicted octanol–water partition coefficient (Wildman–Crippen LogP) is 8.26. The highest BCUT2D eigenvalue weighted by molar-refractivity contribution is 7.81. The Hall–Kier alpha value is -2.97. The number of amides is 4. The second-order valence-electron chi connectivity index (χ2n) is 13.6. The molecular formula is C37H49F4N4O5PS2. The molecule has 0 saturated carbocycles. The number of rotatable bonds is 20. The zero-order valence-electron chi connectivity index (χ0n) is 30.1. The number of carbonyl (C=O) groups is 2. The SMILES string of the molecule is CN1CC(C=CC(Cc2ccccc2)OP(C)(=O)OC(C=CC2CN(C)C(=O)N2CCCC(F)(F)S)Cc2ccccc2)N(CCCC(F)(F)S)C1=O. The number of thiol groups is 2. The average molecular weight is 801 g/mol. The second kappa shape index (κ2) is 19.1. The highest BCUT2D eigenvalue weighted by atomic mass is 32.1. The molecule has 4 unspecified atom stereocenters. The summed E-state index contributed by atoms with van der Waals surface area (Å²) in [6.45, 7) is 2.29. The zero-order chi connectivity index (χ0) is 38.8. The number of hydrogen-bond acceptors (Lipinski definition) is 7. The fourth-order valence-corrected chi connectivity index (χ4v) is 8.05. The highest BCUT2D eigenvalue weighted by Gasteiger charge is 2.36. The summed E-state index contributed by atoms with van der Waals surface area (Å²) in [5, 5.41) is -6.28. The van der Waals surface area contributed by atoms with Gasteiger partial charge in [0.25, 0.3) is 10.5 Å². The van der Waals surface area contributed by atoms with Gasteiger partial charge in [0.1, 0.15) is 0 Å². The van der Waals surface area contributed by atoms with Crippen LogP contribution in [0.25, 0.3) is 0 Å². The number of urea groups is 2. The summed E-state index contributed by atoms with van der Waals surface area (Å²) < 4.78 is 80.2. The van der Waals surface area contributed by atoms with Crippen LogP contribution in [0, 0.1) is 0 Å². The number of carbonyl (C=O) groups excluding carboxylic acids is 2. The molecule has 53 heavy (non-hydrogen) atoms. The van der Waals surface area contributed by atoms with Crippen LogP contribution in [-0.2, 0) is 26.5 Å². The van der Waals surface area contributed by atoms with Crippen molar-refractivity contribution >= 4 is 44.9 Å². The lowest BCUT2D eigenvalue weighted by molar-refractivity contribution is 0.0913. The Labute approximate surface area is 320 Å². The van der Waals surface area contributed by atoms with Crippen LogP contribution in [0.15, 0.2) is 85.0 Å². The first-order valence-corrected chi connectivity index (χ1v) is 20.4. The molecule has 2 heterocycles. The Morgan fingerprint density at radius 1 is 0.736 bits per heavy atom. The average Bonchev–Trinajstić information content (AvgIpc) is 3.50. The smallest absolute Gasteiger partial charge is 0.325 e. The van der Waals surface area contributed by atoms with E-state index in [1.165, 1.54) is 26.3 Å². The van der Waals surface area contributed by atoms with Gasteiger partial charge in [0, 0.05) is 72.6 Å². The van der Waals surface area contributed by atoms with Gasteiger partial charge in [0.2, 0.25) is 0 Å². The van der Waals surface area contributed by atoms with Gasteiger partial charge >= 0.3 is 19.7 Å². The largest absolute Gasteiger partial charge is 0.328 e. The predicted molar refractivity (Wildman–Crippen MR) is 205 cm³/mol. The van der Waals surface area contributed by atoms with Crippen molar-refractivity contribution in [2.24, 2.45) is 0 Å². The molecular weight excluding hydrogens is 752 g/mol. The molecule has 2 aliphatic heterocycles. The summed E-state index contributed by atoms with van der Waals surface area (Å²) in [6, 6.07) is 17.5. The van der Waals surface area contributed by atoms with E-state index in [0.29, 0.717) is 25.9 Å². The first-order valence-electron chi connectivity index (χ1n) is 17.5. The van der Waals surface area contributed by atoms with Crippen molar-refractivity contribution in [1.29, 1.82) is 0 Å². The summed E-state index contributed by atoms with van der Waals surface area (Å²) >= 11 is 6.61. The number of benzene rings is 2. The van der Waals surface area contributed by atoms with E-state index < -0.39 is 55.2 Å². The normalized spacial score (nSPS) is 21.0. The van der Waals surface area contributed by atoms with Crippen LogP contribution in [0.1, 0.15) is 36.8 Å². The maximum absolute atomic E-state index is 14.2. The summed E-state index contributed by atoms with van der Waals surface area (Å²) in [4.78, 5) is 31.8. The van der Waals surface area contributed by atoms with Gasteiger partial charge in [0.05, 0.1) is 24.3 Å². The molecule has 4 atom stereocenters. The van der Waals surface area contributed by atoms with Crippen molar-refractivity contribution < 1.29 is 40.8 Å². The van der Waals surface area contributed by atoms with Crippen LogP contribution in [0.5, 0.6) is 0 Å². The Morgan fingerprint density at radius 2 is 1.09 bits per heavy atom. The molecule has 2 saturated heterocycles. The summed E-state index contributed by atoms with van der Waals surface area (Å²) in [5.74, 6) is 0. The summed E-state index contributed by atoms with van der Waals surface area (Å²) in [5.41, 5.74) is 1.81. The van der Waals surface area contributed by atoms with Crippen LogP contribution in [-0.4, -0.2) is 113 Å². The molecule has 0 N–H and O–H groups in total. The maximum atomic E-state index is 14.2. The summed E-state index contributed by atoms with van der Waals surface area (Å²) in [7, 11) is -0.539. The van der Waals surface area contributed by atoms with Gasteiger partial charge in [-0.3, -0.25) is 4.57 Å². The van der Waals surface area contributed by atoms with Crippen molar-refractivity contribution in [3.05, 3.63) is 96.1 Å². The quantitative estimate of drug-likeness (QED) is 0.0611. The lowest BCUT2D eigenvalue weighted by atomic mass is 10.1. The van der Waals surface area contributed by atoms with Crippen LogP contribution in [0.4, 0.5) is 27.2 Å². The first-order chi connectivity index (χ1) is 24.9. The molecule has 2 aliphatic rings. The number of halogens is 4. The molecule has 9 nitrogen and oxygen atoms in total. The van der Waals surface area contributed by atoms with E-state index in [1.807, 2.05) is 60.7 Å². The molecule has 16 heteroatoms. The third-order valence-electron chi connectivity index (χ3n) is 8.93. The molecule has 2 fully saturated rings. The molecule has 0 spiro atoms. The van der Waals surface area contributed by atoms with E-state index in [-0.39, 0.29) is 38.0 Å². The maximum Gasteiger partial charge on any atom is 0.328 e. The standard InChI is InChI=1S/C37H49F4N4O5PS2/c1-42-26-30(44(34(42)46)22-10-20-36(38,39)52)16-18-32(24-28-12-6-4-7-13-28)49-51(3,48)50-33(25-29-14-8-5-9-15-29)19-17-31-27-43(2)35(47)45(31)23-11-21-37(40,41)53/h4-9,12-19,30-33,52-53H,10-11,20-27H2,1-3H3. The lowest BCUT2D eigenvalue weighted by Gasteiger charge is -2.26. The van der Waals surface area contributed by atoms with Crippen LogP contribution in [0.2, 0.25) is 0 Å². The molecule has 0 radical (unpaired) electrons. The Bertz CT molecular complexity index is 1490. The van der Waals surface area contributed by atoms with E-state index in [1.54, 1.807) is 38.4 Å². The Kier molecular flexibility index (Phi) is 15.4. The van der Waals surface area contributed by atoms with Gasteiger partial charge < -0.3 is 28.6 Å². The fraction of sp³-hybridized carbons (Fsp3) is 0.514. The van der Waals surface area contributed by atoms with Gasteiger partial charge in [-0.2, -0.15) is 17.6 Å². The molecule has 4 rings (SSSR count). The van der Waals surface area contributed by atoms with Crippen LogP contribution < -0.4 is 0 Å². The number of likely N-dealkylation sites (N-methyl/N-ethyl adjacent to an activating group) is 2. The van der Waals surface area contributed by atoms with E-state index in [0.717, 1.165) is 11.1 Å². The Morgan fingerprint density at radius 3 is 1.43 bits per heavy atom. The van der Waals surface area contributed by atoms with Gasteiger partial charge in [0.15, 0.2) is 0 Å². The van der Waals surface area contributed by atoms with Gasteiger partial charge in [-0.05, 0) is 24.0 Å². The summed E-state index contributed by atoms with van der Waals surface area (Å²) in [6.07, 6.45) is 5.36. The van der Waals surface area contributed by atoms with E-state index in [4.69, 9.17) is 9.05 Å². The number of nitrogens with zero attached hydrogens (tertiary/aromatic N) is 4. The minimum absolute atomic E-state index is 0.0628. The number of hydrogen-bond donors (Lipinski definition) is 2. The van der Waals surface area contributed by atoms with E-state index in [9.17, 15) is 31.7 Å². The molecule has 0 aliphatic carbocycles. The monoisotopic (exact) mass is 800 g/mol. The third-order valence-corrected chi connectivity index (χ3v) is 10.7. The molecule has 0 bridgehead atoms. The molecule has 2 aromatic carbocycles. The van der Waals surface area contributed by atoms with Gasteiger partial charge in [-0.15, -0.1) is 25.3 Å². The topological polar surface area (TPSA) is 82.6 Å². The first kappa shape index (κ1) is 42.8. The minimum Gasteiger partial charge on any atom is -0.325 e. The lowest BCUT2D eigenvalue weighted by Crippen LogP contribution is -2.35. The Balaban J connectivity index is 1.53. The third kappa shape index (κ3) is 14.3. The van der Waals surface area contributed by atoms with Crippen LogP contribution in [0.3, 0.4) is 0 Å². The fourth-order valence-electron chi connectivity index (χ4n) is 6.41. The minimum atomic E-state index is -3.82. The van der Waals surface area contributed by atoms with Crippen molar-refractivity contribution in [2.45, 2.75) is 73.3 Å². The van der Waals surface area contributed by atoms with E-state index in [2.05, 4.69) is 25.3 Å². The van der Waals surface area contributed by atoms with Crippen molar-refractivity contribution in [3.63, 3.8) is 0 Å². The van der Waals surface area contributed by atoms with Crippen molar-refractivity contribution in [1.82, 2.24) is 19.6 Å². The van der Waals surface area contributed by atoms with Crippen molar-refractivity contribution in [3.8, 4) is 0 Å². The second-order valence-corrected chi connectivity index (χ2v) is 16.9. The van der Waals surface area contributed by atoms with Gasteiger partial charge in [-0.25, -0.2) is 9.59 Å². The molecule has 292 valence electrons. The molecule has 2 aromatic rings. The zero-order valence-corrected chi connectivity index (χ0v) is 32.8. The number of alkyl halides is 4. The highest BCUT2D eigenvalue weighted by Crippen LogP contribution is 2.48. The molecule has 0 aromatic heterocycles. The molecule has 4 amide bonds. The van der Waals surface area contributed by atoms with Crippen LogP contribution >= 0.6 is 32.9 Å². The van der Waals surface area contributed by atoms with Gasteiger partial charge in [-0.1, -0.05) is 85.0 Å². The van der Waals surface area contributed by atoms with Crippen molar-refractivity contribution in [2.75, 3.05) is 46.9 Å². The van der Waals surface area contributed by atoms with E-state index >= 15 is 0 Å².